The van der Waals surface area contributed by atoms with Crippen molar-refractivity contribution in [2.45, 2.75) is 25.4 Å². The van der Waals surface area contributed by atoms with E-state index < -0.39 is 23.4 Å². The second-order valence-electron chi connectivity index (χ2n) is 4.79. The Morgan fingerprint density at radius 1 is 1.24 bits per heavy atom. The average molecular weight is 298 g/mol. The van der Waals surface area contributed by atoms with Crippen LogP contribution in [0.3, 0.4) is 0 Å². The summed E-state index contributed by atoms with van der Waals surface area (Å²) in [5.41, 5.74) is 0.103. The smallest absolute Gasteiger partial charge is 0.233 e. The van der Waals surface area contributed by atoms with Gasteiger partial charge in [-0.05, 0) is 25.0 Å². The van der Waals surface area contributed by atoms with Crippen molar-refractivity contribution in [1.29, 1.82) is 0 Å². The van der Waals surface area contributed by atoms with E-state index in [1.807, 2.05) is 0 Å². The van der Waals surface area contributed by atoms with Crippen LogP contribution in [0.2, 0.25) is 0 Å². The van der Waals surface area contributed by atoms with Gasteiger partial charge in [0.05, 0.1) is 6.10 Å². The van der Waals surface area contributed by atoms with Crippen molar-refractivity contribution in [3.05, 3.63) is 29.8 Å². The number of carbonyl (C=O) groups is 2. The Balaban J connectivity index is 1.75. The van der Waals surface area contributed by atoms with E-state index in [0.29, 0.717) is 13.2 Å². The molecule has 1 aromatic rings. The molecule has 1 aliphatic heterocycles. The van der Waals surface area contributed by atoms with Crippen LogP contribution in [0.4, 0.5) is 14.5 Å². The minimum Gasteiger partial charge on any atom is -0.376 e. The first-order chi connectivity index (χ1) is 10.0. The lowest BCUT2D eigenvalue weighted by molar-refractivity contribution is -0.127. The molecule has 0 saturated carbocycles. The molecule has 1 saturated heterocycles. The highest BCUT2D eigenvalue weighted by atomic mass is 19.2. The number of ether oxygens (including phenoxy) is 1. The van der Waals surface area contributed by atoms with Crippen LogP contribution < -0.4 is 10.6 Å². The second-order valence-corrected chi connectivity index (χ2v) is 4.79. The van der Waals surface area contributed by atoms with E-state index >= 15 is 0 Å². The minimum absolute atomic E-state index is 0.00297. The Morgan fingerprint density at radius 2 is 2.05 bits per heavy atom. The summed E-state index contributed by atoms with van der Waals surface area (Å²) in [6.45, 7) is 1.06. The average Bonchev–Trinajstić information content (AvgIpc) is 2.94. The van der Waals surface area contributed by atoms with Gasteiger partial charge in [0.1, 0.15) is 6.42 Å². The van der Waals surface area contributed by atoms with Gasteiger partial charge < -0.3 is 15.4 Å². The Bertz CT molecular complexity index is 531. The van der Waals surface area contributed by atoms with E-state index in [1.54, 1.807) is 0 Å². The van der Waals surface area contributed by atoms with Gasteiger partial charge in [-0.15, -0.1) is 0 Å². The molecule has 2 rings (SSSR count). The fourth-order valence-electron chi connectivity index (χ4n) is 2.02. The number of hydrogen-bond donors (Lipinski definition) is 2. The first-order valence-corrected chi connectivity index (χ1v) is 6.68. The van der Waals surface area contributed by atoms with Crippen LogP contribution in [-0.2, 0) is 14.3 Å². The molecule has 1 fully saturated rings. The summed E-state index contributed by atoms with van der Waals surface area (Å²) in [6, 6.07) is 2.99. The molecule has 1 aliphatic rings. The van der Waals surface area contributed by atoms with Crippen molar-refractivity contribution < 1.29 is 23.1 Å². The van der Waals surface area contributed by atoms with Crippen LogP contribution in [-0.4, -0.2) is 31.1 Å². The number of amides is 2. The van der Waals surface area contributed by atoms with Gasteiger partial charge in [-0.25, -0.2) is 8.78 Å². The molecule has 0 aliphatic carbocycles. The zero-order valence-corrected chi connectivity index (χ0v) is 11.3. The molecular formula is C14H16F2N2O3. The van der Waals surface area contributed by atoms with Crippen molar-refractivity contribution in [3.63, 3.8) is 0 Å². The quantitative estimate of drug-likeness (QED) is 0.811. The van der Waals surface area contributed by atoms with E-state index in [9.17, 15) is 18.4 Å². The van der Waals surface area contributed by atoms with Crippen molar-refractivity contribution >= 4 is 17.5 Å². The summed E-state index contributed by atoms with van der Waals surface area (Å²) >= 11 is 0. The number of anilines is 1. The van der Waals surface area contributed by atoms with E-state index in [1.165, 1.54) is 6.07 Å². The minimum atomic E-state index is -1.06. The topological polar surface area (TPSA) is 67.4 Å². The summed E-state index contributed by atoms with van der Waals surface area (Å²) < 4.78 is 31.0. The lowest BCUT2D eigenvalue weighted by atomic mass is 10.2. The monoisotopic (exact) mass is 298 g/mol. The molecule has 2 N–H and O–H groups in total. The molecule has 0 radical (unpaired) electrons. The van der Waals surface area contributed by atoms with Crippen LogP contribution in [0.25, 0.3) is 0 Å². The van der Waals surface area contributed by atoms with E-state index in [4.69, 9.17) is 4.74 Å². The van der Waals surface area contributed by atoms with Crippen molar-refractivity contribution in [3.8, 4) is 0 Å². The number of benzene rings is 1. The highest BCUT2D eigenvalue weighted by molar-refractivity contribution is 6.03. The van der Waals surface area contributed by atoms with Crippen LogP contribution in [0.1, 0.15) is 19.3 Å². The van der Waals surface area contributed by atoms with Crippen LogP contribution in [0.5, 0.6) is 0 Å². The van der Waals surface area contributed by atoms with Crippen LogP contribution in [0, 0.1) is 11.6 Å². The van der Waals surface area contributed by atoms with Gasteiger partial charge in [0.25, 0.3) is 0 Å². The second kappa shape index (κ2) is 7.12. The Hall–Kier alpha value is -2.02. The molecule has 5 nitrogen and oxygen atoms in total. The van der Waals surface area contributed by atoms with Crippen molar-refractivity contribution in [1.82, 2.24) is 5.32 Å². The zero-order chi connectivity index (χ0) is 15.2. The Kier molecular flexibility index (Phi) is 5.21. The van der Waals surface area contributed by atoms with Gasteiger partial charge in [-0.2, -0.15) is 0 Å². The van der Waals surface area contributed by atoms with Gasteiger partial charge in [0.2, 0.25) is 11.8 Å². The van der Waals surface area contributed by atoms with Gasteiger partial charge in [-0.1, -0.05) is 0 Å². The summed E-state index contributed by atoms with van der Waals surface area (Å²) in [5.74, 6) is -3.09. The first kappa shape index (κ1) is 15.4. The molecule has 1 atom stereocenters. The van der Waals surface area contributed by atoms with E-state index in [0.717, 1.165) is 25.0 Å². The van der Waals surface area contributed by atoms with Gasteiger partial charge >= 0.3 is 0 Å². The molecule has 0 spiro atoms. The van der Waals surface area contributed by atoms with E-state index in [2.05, 4.69) is 10.6 Å². The molecule has 1 unspecified atom stereocenters. The molecular weight excluding hydrogens is 282 g/mol. The maximum absolute atomic E-state index is 13.0. The fraction of sp³-hybridized carbons (Fsp3) is 0.429. The highest BCUT2D eigenvalue weighted by Gasteiger charge is 2.17. The SMILES string of the molecule is O=C(CC(=O)Nc1ccc(F)c(F)c1)NCC1CCCO1. The van der Waals surface area contributed by atoms with E-state index in [-0.39, 0.29) is 18.2 Å². The molecule has 0 aromatic heterocycles. The maximum Gasteiger partial charge on any atom is 0.233 e. The third-order valence-electron chi connectivity index (χ3n) is 3.08. The standard InChI is InChI=1S/C14H16F2N2O3/c15-11-4-3-9(6-12(11)16)18-14(20)7-13(19)17-8-10-2-1-5-21-10/h3-4,6,10H,1-2,5,7-8H2,(H,17,19)(H,18,20). The Morgan fingerprint density at radius 3 is 2.71 bits per heavy atom. The third-order valence-corrected chi connectivity index (χ3v) is 3.08. The zero-order valence-electron chi connectivity index (χ0n) is 11.3. The number of hydrogen-bond acceptors (Lipinski definition) is 3. The number of carbonyl (C=O) groups excluding carboxylic acids is 2. The molecule has 1 aromatic carbocycles. The first-order valence-electron chi connectivity index (χ1n) is 6.68. The highest BCUT2D eigenvalue weighted by Crippen LogP contribution is 2.13. The van der Waals surface area contributed by atoms with Gasteiger partial charge in [0, 0.05) is 24.9 Å². The summed E-state index contributed by atoms with van der Waals surface area (Å²) in [4.78, 5) is 23.2. The molecule has 0 bridgehead atoms. The molecule has 2 amide bonds. The fourth-order valence-corrected chi connectivity index (χ4v) is 2.02. The number of rotatable bonds is 5. The summed E-state index contributed by atoms with van der Waals surface area (Å²) in [7, 11) is 0. The van der Waals surface area contributed by atoms with Crippen molar-refractivity contribution in [2.24, 2.45) is 0 Å². The molecule has 21 heavy (non-hydrogen) atoms. The summed E-state index contributed by atoms with van der Waals surface area (Å²) in [5, 5.41) is 4.93. The molecule has 1 heterocycles. The molecule has 114 valence electrons. The predicted octanol–water partition coefficient (Wildman–Crippen LogP) is 1.59. The predicted molar refractivity (Wildman–Crippen MR) is 71.6 cm³/mol. The van der Waals surface area contributed by atoms with Gasteiger partial charge in [0.15, 0.2) is 11.6 Å². The third kappa shape index (κ3) is 4.78. The van der Waals surface area contributed by atoms with Gasteiger partial charge in [-0.3, -0.25) is 9.59 Å². The Labute approximate surface area is 120 Å². The van der Waals surface area contributed by atoms with Crippen molar-refractivity contribution in [2.75, 3.05) is 18.5 Å². The summed E-state index contributed by atoms with van der Waals surface area (Å²) in [6.07, 6.45) is 1.48. The van der Waals surface area contributed by atoms with Crippen LogP contribution >= 0.6 is 0 Å². The molecule has 7 heteroatoms. The van der Waals surface area contributed by atoms with Crippen LogP contribution in [0.15, 0.2) is 18.2 Å². The number of nitrogens with one attached hydrogen (secondary N) is 2. The lowest BCUT2D eigenvalue weighted by Gasteiger charge is -2.10. The normalized spacial score (nSPS) is 17.5. The largest absolute Gasteiger partial charge is 0.376 e. The lowest BCUT2D eigenvalue weighted by Crippen LogP contribution is -2.34. The maximum atomic E-state index is 13.0. The number of halogens is 2.